The summed E-state index contributed by atoms with van der Waals surface area (Å²) >= 11 is 0. The molecular weight excluding hydrogens is 350 g/mol. The maximum Gasteiger partial charge on any atom is 0.337 e. The van der Waals surface area contributed by atoms with Crippen molar-refractivity contribution in [3.63, 3.8) is 0 Å². The molecule has 1 amide bonds. The van der Waals surface area contributed by atoms with Gasteiger partial charge in [-0.25, -0.2) is 4.79 Å². The maximum absolute atomic E-state index is 12.5. The molecule has 27 heavy (non-hydrogen) atoms. The molecule has 140 valence electrons. The minimum atomic E-state index is -0.471. The maximum atomic E-state index is 12.5. The van der Waals surface area contributed by atoms with Crippen LogP contribution in [0.4, 0.5) is 17.1 Å². The van der Waals surface area contributed by atoms with Crippen molar-refractivity contribution < 1.29 is 19.2 Å². The smallest absolute Gasteiger partial charge is 0.337 e. The van der Waals surface area contributed by atoms with E-state index in [1.807, 2.05) is 4.90 Å². The number of carbonyl (C=O) groups is 2. The first-order valence-corrected chi connectivity index (χ1v) is 8.52. The quantitative estimate of drug-likeness (QED) is 0.493. The zero-order valence-electron chi connectivity index (χ0n) is 14.8. The predicted molar refractivity (Wildman–Crippen MR) is 100 cm³/mol. The predicted octanol–water partition coefficient (Wildman–Crippen LogP) is 3.23. The lowest BCUT2D eigenvalue weighted by Gasteiger charge is -2.17. The van der Waals surface area contributed by atoms with Crippen LogP contribution in [0.25, 0.3) is 0 Å². The molecule has 8 heteroatoms. The summed E-state index contributed by atoms with van der Waals surface area (Å²) in [5.41, 5.74) is 1.49. The van der Waals surface area contributed by atoms with E-state index in [1.165, 1.54) is 25.3 Å². The SMILES string of the molecule is COC(=O)c1ccc(NC(=O)c2ccc(N3CCCC3)c([N+](=O)[O-])c2)cc1. The minimum absolute atomic E-state index is 0.0782. The first-order chi connectivity index (χ1) is 13.0. The van der Waals surface area contributed by atoms with Crippen LogP contribution in [0.5, 0.6) is 0 Å². The molecule has 3 rings (SSSR count). The van der Waals surface area contributed by atoms with E-state index in [4.69, 9.17) is 0 Å². The normalized spacial score (nSPS) is 13.3. The summed E-state index contributed by atoms with van der Waals surface area (Å²) in [5, 5.41) is 14.1. The molecule has 1 heterocycles. The van der Waals surface area contributed by atoms with Crippen molar-refractivity contribution in [3.05, 3.63) is 63.7 Å². The second-order valence-corrected chi connectivity index (χ2v) is 6.18. The van der Waals surface area contributed by atoms with Crippen LogP contribution in [0, 0.1) is 10.1 Å². The fourth-order valence-corrected chi connectivity index (χ4v) is 3.05. The first kappa shape index (κ1) is 18.4. The van der Waals surface area contributed by atoms with E-state index in [0.717, 1.165) is 25.9 Å². The molecule has 0 bridgehead atoms. The first-order valence-electron chi connectivity index (χ1n) is 8.52. The van der Waals surface area contributed by atoms with Gasteiger partial charge in [-0.1, -0.05) is 0 Å². The zero-order chi connectivity index (χ0) is 19.4. The standard InChI is InChI=1S/C19H19N3O5/c1-27-19(24)13-4-7-15(8-5-13)20-18(23)14-6-9-16(17(12-14)22(25)26)21-10-2-3-11-21/h4-9,12H,2-3,10-11H2,1H3,(H,20,23). The summed E-state index contributed by atoms with van der Waals surface area (Å²) in [5.74, 6) is -0.933. The number of ether oxygens (including phenoxy) is 1. The molecule has 2 aromatic rings. The Morgan fingerprint density at radius 3 is 2.30 bits per heavy atom. The van der Waals surface area contributed by atoms with Crippen molar-refractivity contribution in [2.45, 2.75) is 12.8 Å². The van der Waals surface area contributed by atoms with Crippen molar-refractivity contribution in [1.82, 2.24) is 0 Å². The fourth-order valence-electron chi connectivity index (χ4n) is 3.05. The summed E-state index contributed by atoms with van der Waals surface area (Å²) in [7, 11) is 1.29. The average molecular weight is 369 g/mol. The van der Waals surface area contributed by atoms with E-state index in [1.54, 1.807) is 24.3 Å². The summed E-state index contributed by atoms with van der Waals surface area (Å²) in [6.45, 7) is 1.55. The van der Waals surface area contributed by atoms with E-state index < -0.39 is 16.8 Å². The van der Waals surface area contributed by atoms with E-state index in [9.17, 15) is 19.7 Å². The molecule has 0 aliphatic carbocycles. The number of carbonyl (C=O) groups excluding carboxylic acids is 2. The van der Waals surface area contributed by atoms with Gasteiger partial charge in [0.1, 0.15) is 5.69 Å². The van der Waals surface area contributed by atoms with Crippen LogP contribution in [-0.2, 0) is 4.74 Å². The Morgan fingerprint density at radius 2 is 1.70 bits per heavy atom. The Hall–Kier alpha value is -3.42. The number of nitrogens with zero attached hydrogens (tertiary/aromatic N) is 2. The zero-order valence-corrected chi connectivity index (χ0v) is 14.8. The van der Waals surface area contributed by atoms with Crippen LogP contribution < -0.4 is 10.2 Å². The largest absolute Gasteiger partial charge is 0.465 e. The number of hydrogen-bond acceptors (Lipinski definition) is 6. The van der Waals surface area contributed by atoms with Gasteiger partial charge in [0.15, 0.2) is 0 Å². The lowest BCUT2D eigenvalue weighted by Crippen LogP contribution is -2.19. The lowest BCUT2D eigenvalue weighted by atomic mass is 10.1. The molecule has 0 unspecified atom stereocenters. The number of nitrogens with one attached hydrogen (secondary N) is 1. The van der Waals surface area contributed by atoms with Gasteiger partial charge >= 0.3 is 5.97 Å². The van der Waals surface area contributed by atoms with Gasteiger partial charge in [0, 0.05) is 30.4 Å². The number of esters is 1. The molecule has 0 spiro atoms. The molecule has 1 aliphatic heterocycles. The monoisotopic (exact) mass is 369 g/mol. The van der Waals surface area contributed by atoms with E-state index in [0.29, 0.717) is 16.9 Å². The van der Waals surface area contributed by atoms with Gasteiger partial charge in [-0.3, -0.25) is 14.9 Å². The van der Waals surface area contributed by atoms with E-state index in [2.05, 4.69) is 10.1 Å². The highest BCUT2D eigenvalue weighted by molar-refractivity contribution is 6.05. The van der Waals surface area contributed by atoms with Crippen LogP contribution in [0.1, 0.15) is 33.6 Å². The van der Waals surface area contributed by atoms with Gasteiger partial charge in [-0.2, -0.15) is 0 Å². The summed E-state index contributed by atoms with van der Waals surface area (Å²) in [6, 6.07) is 10.7. The second-order valence-electron chi connectivity index (χ2n) is 6.18. The number of nitro groups is 1. The molecule has 0 aromatic heterocycles. The molecule has 0 saturated carbocycles. The van der Waals surface area contributed by atoms with Crippen molar-refractivity contribution in [1.29, 1.82) is 0 Å². The van der Waals surface area contributed by atoms with Gasteiger partial charge in [0.05, 0.1) is 17.6 Å². The van der Waals surface area contributed by atoms with E-state index in [-0.39, 0.29) is 11.3 Å². The average Bonchev–Trinajstić information content (AvgIpc) is 3.22. The Labute approximate surface area is 155 Å². The number of amides is 1. The van der Waals surface area contributed by atoms with Crippen molar-refractivity contribution in [3.8, 4) is 0 Å². The molecule has 0 atom stereocenters. The van der Waals surface area contributed by atoms with Crippen molar-refractivity contribution in [2.75, 3.05) is 30.4 Å². The van der Waals surface area contributed by atoms with Crippen LogP contribution in [0.2, 0.25) is 0 Å². The molecule has 1 saturated heterocycles. The number of methoxy groups -OCH3 is 1. The third kappa shape index (κ3) is 4.05. The van der Waals surface area contributed by atoms with Crippen LogP contribution in [0.3, 0.4) is 0 Å². The molecule has 1 aliphatic rings. The fraction of sp³-hybridized carbons (Fsp3) is 0.263. The van der Waals surface area contributed by atoms with Crippen LogP contribution in [0.15, 0.2) is 42.5 Å². The lowest BCUT2D eigenvalue weighted by molar-refractivity contribution is -0.384. The highest BCUT2D eigenvalue weighted by Crippen LogP contribution is 2.31. The number of anilines is 2. The van der Waals surface area contributed by atoms with Gasteiger partial charge < -0.3 is 15.0 Å². The number of hydrogen-bond donors (Lipinski definition) is 1. The highest BCUT2D eigenvalue weighted by atomic mass is 16.6. The highest BCUT2D eigenvalue weighted by Gasteiger charge is 2.23. The molecule has 0 radical (unpaired) electrons. The van der Waals surface area contributed by atoms with Crippen molar-refractivity contribution >= 4 is 28.9 Å². The topological polar surface area (TPSA) is 102 Å². The Morgan fingerprint density at radius 1 is 1.07 bits per heavy atom. The molecule has 1 fully saturated rings. The van der Waals surface area contributed by atoms with E-state index >= 15 is 0 Å². The van der Waals surface area contributed by atoms with Gasteiger partial charge in [0.2, 0.25) is 0 Å². The third-order valence-electron chi connectivity index (χ3n) is 4.44. The molecule has 8 nitrogen and oxygen atoms in total. The van der Waals surface area contributed by atoms with Crippen molar-refractivity contribution in [2.24, 2.45) is 0 Å². The molecule has 2 aromatic carbocycles. The summed E-state index contributed by atoms with van der Waals surface area (Å²) < 4.78 is 4.62. The Balaban J connectivity index is 1.79. The molecular formula is C19H19N3O5. The Kier molecular flexibility index (Phi) is 5.35. The van der Waals surface area contributed by atoms with Crippen LogP contribution >= 0.6 is 0 Å². The summed E-state index contributed by atoms with van der Waals surface area (Å²) in [6.07, 6.45) is 2.00. The number of nitro benzene ring substituents is 1. The van der Waals surface area contributed by atoms with Gasteiger partial charge in [-0.15, -0.1) is 0 Å². The summed E-state index contributed by atoms with van der Waals surface area (Å²) in [4.78, 5) is 36.8. The minimum Gasteiger partial charge on any atom is -0.465 e. The van der Waals surface area contributed by atoms with Crippen LogP contribution in [-0.4, -0.2) is 37.0 Å². The third-order valence-corrected chi connectivity index (χ3v) is 4.44. The van der Waals surface area contributed by atoms with Gasteiger partial charge in [0.25, 0.3) is 11.6 Å². The number of benzene rings is 2. The molecule has 1 N–H and O–H groups in total. The van der Waals surface area contributed by atoms with Gasteiger partial charge in [-0.05, 0) is 49.2 Å². The Bertz CT molecular complexity index is 873. The number of rotatable bonds is 5. The second kappa shape index (κ2) is 7.86.